The number of hydrogen-bond donors (Lipinski definition) is 2. The van der Waals surface area contributed by atoms with E-state index in [-0.39, 0.29) is 29.7 Å². The Morgan fingerprint density at radius 1 is 1.25 bits per heavy atom. The Hall–Kier alpha value is -1.32. The molecule has 0 aliphatic heterocycles. The van der Waals surface area contributed by atoms with Crippen molar-refractivity contribution >= 4 is 11.9 Å². The first-order chi connectivity index (χ1) is 9.43. The van der Waals surface area contributed by atoms with Crippen LogP contribution in [-0.2, 0) is 9.59 Å². The average Bonchev–Trinajstić information content (AvgIpc) is 2.97. The number of carboxylic acids is 1. The summed E-state index contributed by atoms with van der Waals surface area (Å²) in [5, 5.41) is 12.4. The molecular formula is C16H25NO3. The molecule has 4 heteroatoms. The molecule has 4 nitrogen and oxygen atoms in total. The number of carboxylic acid groups (broad SMARTS) is 1. The zero-order chi connectivity index (χ0) is 14.9. The van der Waals surface area contributed by atoms with E-state index < -0.39 is 11.9 Å². The Kier molecular flexibility index (Phi) is 4.51. The molecule has 0 aromatic carbocycles. The molecule has 20 heavy (non-hydrogen) atoms. The Balaban J connectivity index is 1.98. The summed E-state index contributed by atoms with van der Waals surface area (Å²) in [7, 11) is 0. The van der Waals surface area contributed by atoms with E-state index in [4.69, 9.17) is 0 Å². The van der Waals surface area contributed by atoms with Crippen LogP contribution in [-0.4, -0.2) is 23.0 Å². The fourth-order valence-corrected chi connectivity index (χ4v) is 3.68. The first kappa shape index (κ1) is 15.1. The SMILES string of the molecule is CCC(C)CC(C)NC(=O)C1C2C=CC(C2)C1C(=O)O. The Morgan fingerprint density at radius 3 is 2.40 bits per heavy atom. The van der Waals surface area contributed by atoms with Crippen LogP contribution in [0.5, 0.6) is 0 Å². The van der Waals surface area contributed by atoms with Gasteiger partial charge >= 0.3 is 5.97 Å². The van der Waals surface area contributed by atoms with E-state index in [9.17, 15) is 14.7 Å². The number of fused-ring (bicyclic) bond motifs is 2. The van der Waals surface area contributed by atoms with Crippen molar-refractivity contribution in [3.8, 4) is 0 Å². The molecule has 0 aromatic heterocycles. The number of aliphatic carboxylic acids is 1. The number of allylic oxidation sites excluding steroid dienone is 2. The molecule has 1 saturated carbocycles. The second-order valence-corrected chi connectivity index (χ2v) is 6.50. The minimum atomic E-state index is -0.837. The van der Waals surface area contributed by atoms with E-state index >= 15 is 0 Å². The van der Waals surface area contributed by atoms with Crippen molar-refractivity contribution < 1.29 is 14.7 Å². The smallest absolute Gasteiger partial charge is 0.307 e. The first-order valence-corrected chi connectivity index (χ1v) is 7.65. The maximum Gasteiger partial charge on any atom is 0.307 e. The largest absolute Gasteiger partial charge is 0.481 e. The number of hydrogen-bond acceptors (Lipinski definition) is 2. The van der Waals surface area contributed by atoms with Gasteiger partial charge in [0.25, 0.3) is 0 Å². The number of carbonyl (C=O) groups excluding carboxylic acids is 1. The molecule has 0 radical (unpaired) electrons. The lowest BCUT2D eigenvalue weighted by Crippen LogP contribution is -2.43. The Morgan fingerprint density at radius 2 is 1.85 bits per heavy atom. The Labute approximate surface area is 120 Å². The molecule has 2 aliphatic carbocycles. The van der Waals surface area contributed by atoms with E-state index in [1.165, 1.54) is 0 Å². The van der Waals surface area contributed by atoms with Gasteiger partial charge in [0.1, 0.15) is 0 Å². The van der Waals surface area contributed by atoms with Crippen LogP contribution in [0.3, 0.4) is 0 Å². The van der Waals surface area contributed by atoms with Gasteiger partial charge in [0, 0.05) is 6.04 Å². The summed E-state index contributed by atoms with van der Waals surface area (Å²) < 4.78 is 0. The van der Waals surface area contributed by atoms with Crippen molar-refractivity contribution in [2.24, 2.45) is 29.6 Å². The van der Waals surface area contributed by atoms with Crippen LogP contribution in [0.2, 0.25) is 0 Å². The minimum Gasteiger partial charge on any atom is -0.481 e. The van der Waals surface area contributed by atoms with Crippen LogP contribution in [0.25, 0.3) is 0 Å². The van der Waals surface area contributed by atoms with Crippen molar-refractivity contribution in [3.63, 3.8) is 0 Å². The van der Waals surface area contributed by atoms with Gasteiger partial charge in [-0.05, 0) is 37.5 Å². The van der Waals surface area contributed by atoms with Gasteiger partial charge in [0.05, 0.1) is 11.8 Å². The van der Waals surface area contributed by atoms with Crippen LogP contribution >= 0.6 is 0 Å². The molecule has 0 aromatic rings. The highest BCUT2D eigenvalue weighted by molar-refractivity contribution is 5.87. The van der Waals surface area contributed by atoms with Crippen molar-refractivity contribution in [2.45, 2.75) is 46.1 Å². The van der Waals surface area contributed by atoms with E-state index in [2.05, 4.69) is 19.2 Å². The maximum absolute atomic E-state index is 12.4. The molecule has 112 valence electrons. The summed E-state index contributed by atoms with van der Waals surface area (Å²) in [6, 6.07) is 0.106. The number of rotatable bonds is 6. The molecule has 2 bridgehead atoms. The average molecular weight is 279 g/mol. The van der Waals surface area contributed by atoms with Crippen LogP contribution in [0.15, 0.2) is 12.2 Å². The summed E-state index contributed by atoms with van der Waals surface area (Å²) in [6.07, 6.45) is 6.84. The van der Waals surface area contributed by atoms with E-state index in [1.807, 2.05) is 19.1 Å². The standard InChI is InChI=1S/C16H25NO3/c1-4-9(2)7-10(3)17-15(18)13-11-5-6-12(8-11)14(13)16(19)20/h5-6,9-14H,4,7-8H2,1-3H3,(H,17,18)(H,19,20). The molecule has 6 unspecified atom stereocenters. The van der Waals surface area contributed by atoms with Gasteiger partial charge in [-0.25, -0.2) is 0 Å². The van der Waals surface area contributed by atoms with Crippen LogP contribution in [0.1, 0.15) is 40.0 Å². The molecule has 2 aliphatic rings. The van der Waals surface area contributed by atoms with Gasteiger partial charge in [-0.2, -0.15) is 0 Å². The first-order valence-electron chi connectivity index (χ1n) is 7.65. The van der Waals surface area contributed by atoms with Crippen molar-refractivity contribution in [2.75, 3.05) is 0 Å². The number of amides is 1. The van der Waals surface area contributed by atoms with E-state index in [0.717, 1.165) is 19.3 Å². The minimum absolute atomic E-state index is 0.0399. The fraction of sp³-hybridized carbons (Fsp3) is 0.750. The molecule has 6 atom stereocenters. The topological polar surface area (TPSA) is 66.4 Å². The third kappa shape index (κ3) is 2.89. The summed E-state index contributed by atoms with van der Waals surface area (Å²) in [5.41, 5.74) is 0. The van der Waals surface area contributed by atoms with Crippen molar-refractivity contribution in [1.82, 2.24) is 5.32 Å². The highest BCUT2D eigenvalue weighted by atomic mass is 16.4. The predicted octanol–water partition coefficient (Wildman–Crippen LogP) is 2.45. The van der Waals surface area contributed by atoms with Gasteiger partial charge in [0.2, 0.25) is 5.91 Å². The highest BCUT2D eigenvalue weighted by Crippen LogP contribution is 2.48. The van der Waals surface area contributed by atoms with Gasteiger partial charge in [-0.1, -0.05) is 32.4 Å². The third-order valence-corrected chi connectivity index (χ3v) is 4.89. The van der Waals surface area contributed by atoms with Crippen molar-refractivity contribution in [1.29, 1.82) is 0 Å². The van der Waals surface area contributed by atoms with Gasteiger partial charge < -0.3 is 10.4 Å². The predicted molar refractivity (Wildman–Crippen MR) is 77.0 cm³/mol. The molecular weight excluding hydrogens is 254 g/mol. The van der Waals surface area contributed by atoms with Crippen LogP contribution < -0.4 is 5.32 Å². The summed E-state index contributed by atoms with van der Waals surface area (Å²) in [6.45, 7) is 6.31. The summed E-state index contributed by atoms with van der Waals surface area (Å²) in [4.78, 5) is 23.8. The summed E-state index contributed by atoms with van der Waals surface area (Å²) >= 11 is 0. The molecule has 1 amide bonds. The third-order valence-electron chi connectivity index (χ3n) is 4.89. The number of carbonyl (C=O) groups is 2. The lowest BCUT2D eigenvalue weighted by atomic mass is 9.82. The lowest BCUT2D eigenvalue weighted by Gasteiger charge is -2.26. The zero-order valence-corrected chi connectivity index (χ0v) is 12.5. The van der Waals surface area contributed by atoms with E-state index in [0.29, 0.717) is 5.92 Å². The molecule has 2 rings (SSSR count). The van der Waals surface area contributed by atoms with Crippen molar-refractivity contribution in [3.05, 3.63) is 12.2 Å². The summed E-state index contributed by atoms with van der Waals surface area (Å²) in [5.74, 6) is -1.13. The zero-order valence-electron chi connectivity index (χ0n) is 12.5. The van der Waals surface area contributed by atoms with Gasteiger partial charge in [0.15, 0.2) is 0 Å². The number of nitrogens with one attached hydrogen (secondary N) is 1. The van der Waals surface area contributed by atoms with Gasteiger partial charge in [-0.15, -0.1) is 0 Å². The monoisotopic (exact) mass is 279 g/mol. The molecule has 0 saturated heterocycles. The van der Waals surface area contributed by atoms with E-state index in [1.54, 1.807) is 0 Å². The Bertz CT molecular complexity index is 418. The normalized spacial score (nSPS) is 34.0. The molecule has 0 heterocycles. The second kappa shape index (κ2) is 5.98. The quantitative estimate of drug-likeness (QED) is 0.734. The molecule has 1 fully saturated rings. The molecule has 2 N–H and O–H groups in total. The highest BCUT2D eigenvalue weighted by Gasteiger charge is 2.51. The van der Waals surface area contributed by atoms with Gasteiger partial charge in [-0.3, -0.25) is 9.59 Å². The molecule has 0 spiro atoms. The van der Waals surface area contributed by atoms with Crippen LogP contribution in [0.4, 0.5) is 0 Å². The van der Waals surface area contributed by atoms with Crippen LogP contribution in [0, 0.1) is 29.6 Å². The maximum atomic E-state index is 12.4. The fourth-order valence-electron chi connectivity index (χ4n) is 3.68. The second-order valence-electron chi connectivity index (χ2n) is 6.50. The lowest BCUT2D eigenvalue weighted by molar-refractivity contribution is -0.148.